The summed E-state index contributed by atoms with van der Waals surface area (Å²) in [5.41, 5.74) is 0. The number of unbranched alkanes of at least 4 members (excludes halogenated alkanes) is 25. The Kier molecular flexibility index (Phi) is 36.4. The summed E-state index contributed by atoms with van der Waals surface area (Å²) in [4.78, 5) is 37.2. The summed E-state index contributed by atoms with van der Waals surface area (Å²) in [7, 11) is 0. The van der Waals surface area contributed by atoms with Gasteiger partial charge in [-0.2, -0.15) is 0 Å². The van der Waals surface area contributed by atoms with Crippen LogP contribution in [-0.4, -0.2) is 37.2 Å². The van der Waals surface area contributed by atoms with Gasteiger partial charge < -0.3 is 14.2 Å². The number of esters is 3. The quantitative estimate of drug-likeness (QED) is 0.0364. The van der Waals surface area contributed by atoms with Gasteiger partial charge in [-0.05, 0) is 25.2 Å². The van der Waals surface area contributed by atoms with E-state index in [1.165, 1.54) is 122 Å². The molecule has 290 valence electrons. The first-order valence-electron chi connectivity index (χ1n) is 21.4. The first-order chi connectivity index (χ1) is 23.9. The monoisotopic (exact) mass is 695 g/mol. The van der Waals surface area contributed by atoms with E-state index in [0.717, 1.165) is 70.1 Å². The van der Waals surface area contributed by atoms with Crippen LogP contribution < -0.4 is 0 Å². The smallest absolute Gasteiger partial charge is 0.306 e. The molecule has 0 aromatic heterocycles. The summed E-state index contributed by atoms with van der Waals surface area (Å²) < 4.78 is 16.5. The van der Waals surface area contributed by atoms with Crippen molar-refractivity contribution >= 4 is 17.9 Å². The largest absolute Gasteiger partial charge is 0.462 e. The summed E-state index contributed by atoms with van der Waals surface area (Å²) in [5.74, 6) is -0.0269. The minimum absolute atomic E-state index is 0.0659. The number of carbonyl (C=O) groups is 3. The minimum atomic E-state index is -0.755. The maximum atomic E-state index is 12.5. The molecule has 0 N–H and O–H groups in total. The average Bonchev–Trinajstić information content (AvgIpc) is 3.08. The molecule has 6 heteroatoms. The van der Waals surface area contributed by atoms with Crippen LogP contribution in [0.15, 0.2) is 0 Å². The molecule has 0 radical (unpaired) electrons. The number of hydrogen-bond donors (Lipinski definition) is 0. The zero-order valence-electron chi connectivity index (χ0n) is 33.1. The number of carbonyl (C=O) groups excluding carboxylic acids is 3. The molecule has 0 spiro atoms. The van der Waals surface area contributed by atoms with Crippen molar-refractivity contribution in [2.24, 2.45) is 5.92 Å². The molecule has 0 aliphatic carbocycles. The van der Waals surface area contributed by atoms with Crippen molar-refractivity contribution in [2.45, 2.75) is 239 Å². The lowest BCUT2D eigenvalue weighted by Gasteiger charge is -2.18. The van der Waals surface area contributed by atoms with Crippen LogP contribution in [0, 0.1) is 5.92 Å². The zero-order chi connectivity index (χ0) is 36.0. The lowest BCUT2D eigenvalue weighted by Crippen LogP contribution is -2.30. The fraction of sp³-hybridized carbons (Fsp3) is 0.930. The van der Waals surface area contributed by atoms with Gasteiger partial charge in [0.05, 0.1) is 0 Å². The lowest BCUT2D eigenvalue weighted by atomic mass is 10.0. The van der Waals surface area contributed by atoms with Crippen molar-refractivity contribution in [1.29, 1.82) is 0 Å². The van der Waals surface area contributed by atoms with E-state index < -0.39 is 6.10 Å². The van der Waals surface area contributed by atoms with Gasteiger partial charge in [-0.15, -0.1) is 0 Å². The molecule has 0 aliphatic heterocycles. The van der Waals surface area contributed by atoms with Gasteiger partial charge in [-0.3, -0.25) is 14.4 Å². The van der Waals surface area contributed by atoms with Crippen LogP contribution in [-0.2, 0) is 28.6 Å². The topological polar surface area (TPSA) is 78.9 Å². The fourth-order valence-electron chi connectivity index (χ4n) is 6.27. The molecule has 0 fully saturated rings. The minimum Gasteiger partial charge on any atom is -0.462 e. The summed E-state index contributed by atoms with van der Waals surface area (Å²) in [6, 6.07) is 0. The Hall–Kier alpha value is -1.59. The molecule has 0 saturated carbocycles. The Morgan fingerprint density at radius 3 is 1.00 bits per heavy atom. The number of ether oxygens (including phenoxy) is 3. The first kappa shape index (κ1) is 47.4. The van der Waals surface area contributed by atoms with E-state index in [-0.39, 0.29) is 31.1 Å². The third kappa shape index (κ3) is 37.5. The van der Waals surface area contributed by atoms with Crippen molar-refractivity contribution in [2.75, 3.05) is 13.2 Å². The highest BCUT2D eigenvalue weighted by Gasteiger charge is 2.19. The molecule has 49 heavy (non-hydrogen) atoms. The summed E-state index contributed by atoms with van der Waals surface area (Å²) in [6.45, 7) is 8.88. The molecular formula is C43H82O6. The Morgan fingerprint density at radius 1 is 0.388 bits per heavy atom. The van der Waals surface area contributed by atoms with Gasteiger partial charge in [-0.25, -0.2) is 0 Å². The van der Waals surface area contributed by atoms with Crippen LogP contribution in [0.3, 0.4) is 0 Å². The number of rotatable bonds is 38. The highest BCUT2D eigenvalue weighted by molar-refractivity contribution is 5.71. The van der Waals surface area contributed by atoms with E-state index in [0.29, 0.717) is 19.3 Å². The van der Waals surface area contributed by atoms with Crippen LogP contribution in [0.5, 0.6) is 0 Å². The van der Waals surface area contributed by atoms with E-state index in [2.05, 4.69) is 27.7 Å². The summed E-state index contributed by atoms with van der Waals surface area (Å²) >= 11 is 0. The van der Waals surface area contributed by atoms with Crippen molar-refractivity contribution in [1.82, 2.24) is 0 Å². The van der Waals surface area contributed by atoms with Gasteiger partial charge in [0.2, 0.25) is 0 Å². The van der Waals surface area contributed by atoms with Gasteiger partial charge in [0.1, 0.15) is 13.2 Å². The van der Waals surface area contributed by atoms with E-state index in [4.69, 9.17) is 14.2 Å². The molecule has 6 nitrogen and oxygen atoms in total. The highest BCUT2D eigenvalue weighted by Crippen LogP contribution is 2.16. The second kappa shape index (κ2) is 37.7. The molecule has 0 saturated heterocycles. The Labute approximate surface area is 304 Å². The Bertz CT molecular complexity index is 736. The maximum absolute atomic E-state index is 12.5. The van der Waals surface area contributed by atoms with Gasteiger partial charge in [0.25, 0.3) is 0 Å². The normalized spacial score (nSPS) is 11.9. The Morgan fingerprint density at radius 2 is 0.673 bits per heavy atom. The van der Waals surface area contributed by atoms with Crippen LogP contribution in [0.25, 0.3) is 0 Å². The van der Waals surface area contributed by atoms with Crippen LogP contribution in [0.4, 0.5) is 0 Å². The molecule has 0 rings (SSSR count). The molecule has 0 aromatic carbocycles. The second-order valence-electron chi connectivity index (χ2n) is 15.1. The Balaban J connectivity index is 4.02. The molecule has 0 aromatic rings. The molecule has 0 aliphatic rings. The third-order valence-corrected chi connectivity index (χ3v) is 9.54. The van der Waals surface area contributed by atoms with Gasteiger partial charge in [0, 0.05) is 19.3 Å². The number of hydrogen-bond acceptors (Lipinski definition) is 6. The van der Waals surface area contributed by atoms with Crippen molar-refractivity contribution in [3.63, 3.8) is 0 Å². The van der Waals surface area contributed by atoms with Gasteiger partial charge in [-0.1, -0.05) is 195 Å². The van der Waals surface area contributed by atoms with Crippen LogP contribution in [0.2, 0.25) is 0 Å². The van der Waals surface area contributed by atoms with E-state index in [1.807, 2.05) is 0 Å². The second-order valence-corrected chi connectivity index (χ2v) is 15.1. The zero-order valence-corrected chi connectivity index (χ0v) is 33.1. The SMILES string of the molecule is CCCCCCCCCC(=O)OC[C@H](COC(=O)CCCCCCCCCCCCCCCCCCC(C)C)OC(=O)CCCCCCC. The predicted octanol–water partition coefficient (Wildman–Crippen LogP) is 13.2. The average molecular weight is 695 g/mol. The summed E-state index contributed by atoms with van der Waals surface area (Å²) in [5, 5.41) is 0. The van der Waals surface area contributed by atoms with E-state index in [9.17, 15) is 14.4 Å². The molecule has 0 unspecified atom stereocenters. The van der Waals surface area contributed by atoms with Crippen LogP contribution in [0.1, 0.15) is 233 Å². The molecule has 1 atom stereocenters. The van der Waals surface area contributed by atoms with Crippen molar-refractivity contribution in [3.05, 3.63) is 0 Å². The maximum Gasteiger partial charge on any atom is 0.306 e. The third-order valence-electron chi connectivity index (χ3n) is 9.54. The van der Waals surface area contributed by atoms with E-state index in [1.54, 1.807) is 0 Å². The van der Waals surface area contributed by atoms with Crippen molar-refractivity contribution in [3.8, 4) is 0 Å². The molecule has 0 amide bonds. The molecule has 0 heterocycles. The standard InChI is InChI=1S/C43H82O6/c1-5-7-9-11-22-27-30-34-41(44)47-37-40(49-43(46)36-32-25-10-8-6-2)38-48-42(45)35-31-28-24-21-19-17-15-13-12-14-16-18-20-23-26-29-33-39(3)4/h39-40H,5-38H2,1-4H3/t40-/m1/s1. The van der Waals surface area contributed by atoms with E-state index >= 15 is 0 Å². The van der Waals surface area contributed by atoms with Gasteiger partial charge >= 0.3 is 17.9 Å². The van der Waals surface area contributed by atoms with Gasteiger partial charge in [0.15, 0.2) is 6.10 Å². The first-order valence-corrected chi connectivity index (χ1v) is 21.4. The van der Waals surface area contributed by atoms with Crippen LogP contribution >= 0.6 is 0 Å². The predicted molar refractivity (Wildman–Crippen MR) is 206 cm³/mol. The molecule has 0 bridgehead atoms. The van der Waals surface area contributed by atoms with Crippen molar-refractivity contribution < 1.29 is 28.6 Å². The molecular weight excluding hydrogens is 612 g/mol. The highest BCUT2D eigenvalue weighted by atomic mass is 16.6. The lowest BCUT2D eigenvalue weighted by molar-refractivity contribution is -0.167. The fourth-order valence-corrected chi connectivity index (χ4v) is 6.27. The summed E-state index contributed by atoms with van der Waals surface area (Å²) in [6.07, 6.45) is 35.6.